The number of nitro benzene ring substituents is 1. The normalized spacial score (nSPS) is 10.5. The fourth-order valence-corrected chi connectivity index (χ4v) is 2.60. The van der Waals surface area contributed by atoms with Crippen LogP contribution in [0.1, 0.15) is 11.4 Å². The van der Waals surface area contributed by atoms with Gasteiger partial charge in [-0.3, -0.25) is 10.1 Å². The number of benzene rings is 2. The number of para-hydroxylation sites is 1. The molecule has 23 heavy (non-hydrogen) atoms. The molecule has 5 heteroatoms. The first-order valence-corrected chi connectivity index (χ1v) is 7.31. The third kappa shape index (κ3) is 3.23. The number of nitrogens with zero attached hydrogens (tertiary/aromatic N) is 1. The Hall–Kier alpha value is -3.08. The van der Waals surface area contributed by atoms with Crippen LogP contribution in [0.3, 0.4) is 0 Å². The molecule has 0 aliphatic rings. The summed E-state index contributed by atoms with van der Waals surface area (Å²) in [5, 5.41) is 12.6. The van der Waals surface area contributed by atoms with Crippen LogP contribution in [0.4, 0.5) is 5.69 Å². The second-order valence-electron chi connectivity index (χ2n) is 5.52. The molecule has 4 rings (SSSR count). The average Bonchev–Trinajstić information content (AvgIpc) is 3.06. The smallest absolute Gasteiger partial charge is 0.270 e. The standard InChI is InChI=1S/C9H8N2O2.C9H9N/c1-6-4-7-5-8(11(12)13)2-3-9(7)10-6;1-7-6-8-4-2-3-5-9(8)10-7/h2-5,10H,1H3;2-6,10H,1H3. The number of nitro groups is 1. The van der Waals surface area contributed by atoms with E-state index in [9.17, 15) is 10.1 Å². The molecule has 0 amide bonds. The van der Waals surface area contributed by atoms with Crippen LogP contribution < -0.4 is 0 Å². The van der Waals surface area contributed by atoms with E-state index < -0.39 is 0 Å². The quantitative estimate of drug-likeness (QED) is 0.389. The molecule has 0 bridgehead atoms. The third-order valence-corrected chi connectivity index (χ3v) is 3.61. The summed E-state index contributed by atoms with van der Waals surface area (Å²) in [6.07, 6.45) is 0. The molecule has 0 spiro atoms. The van der Waals surface area contributed by atoms with Gasteiger partial charge in [-0.1, -0.05) is 18.2 Å². The predicted molar refractivity (Wildman–Crippen MR) is 92.7 cm³/mol. The van der Waals surface area contributed by atoms with Gasteiger partial charge in [-0.05, 0) is 43.5 Å². The van der Waals surface area contributed by atoms with Gasteiger partial charge in [0.15, 0.2) is 0 Å². The minimum atomic E-state index is -0.387. The molecule has 0 aliphatic carbocycles. The SMILES string of the molecule is Cc1cc2cc([N+](=O)[O-])ccc2[nH]1.Cc1cc2ccccc2[nH]1. The molecular weight excluding hydrogens is 290 g/mol. The van der Waals surface area contributed by atoms with E-state index in [-0.39, 0.29) is 10.6 Å². The highest BCUT2D eigenvalue weighted by atomic mass is 16.6. The lowest BCUT2D eigenvalue weighted by Gasteiger charge is -1.90. The van der Waals surface area contributed by atoms with Gasteiger partial charge in [0.1, 0.15) is 0 Å². The largest absolute Gasteiger partial charge is 0.359 e. The highest BCUT2D eigenvalue weighted by Crippen LogP contribution is 2.20. The molecule has 0 saturated carbocycles. The molecular formula is C18H17N3O2. The van der Waals surface area contributed by atoms with Crippen LogP contribution in [-0.2, 0) is 0 Å². The molecule has 0 unspecified atom stereocenters. The second kappa shape index (κ2) is 5.96. The van der Waals surface area contributed by atoms with Crippen molar-refractivity contribution >= 4 is 27.5 Å². The van der Waals surface area contributed by atoms with E-state index in [1.165, 1.54) is 22.7 Å². The maximum atomic E-state index is 10.4. The first-order chi connectivity index (χ1) is 11.0. The van der Waals surface area contributed by atoms with Crippen molar-refractivity contribution in [3.05, 3.63) is 76.1 Å². The maximum absolute atomic E-state index is 10.4. The molecule has 2 heterocycles. The van der Waals surface area contributed by atoms with Crippen molar-refractivity contribution in [3.63, 3.8) is 0 Å². The monoisotopic (exact) mass is 307 g/mol. The van der Waals surface area contributed by atoms with Gasteiger partial charge < -0.3 is 9.97 Å². The van der Waals surface area contributed by atoms with Gasteiger partial charge >= 0.3 is 0 Å². The zero-order valence-electron chi connectivity index (χ0n) is 13.0. The number of rotatable bonds is 1. The number of aryl methyl sites for hydroxylation is 2. The molecule has 116 valence electrons. The van der Waals surface area contributed by atoms with Crippen molar-refractivity contribution in [3.8, 4) is 0 Å². The lowest BCUT2D eigenvalue weighted by atomic mass is 10.2. The van der Waals surface area contributed by atoms with Crippen LogP contribution in [0.25, 0.3) is 21.8 Å². The molecule has 0 fully saturated rings. The van der Waals surface area contributed by atoms with Crippen LogP contribution in [0.2, 0.25) is 0 Å². The molecule has 0 radical (unpaired) electrons. The van der Waals surface area contributed by atoms with Gasteiger partial charge in [-0.15, -0.1) is 0 Å². The van der Waals surface area contributed by atoms with Gasteiger partial charge in [0, 0.05) is 39.9 Å². The van der Waals surface area contributed by atoms with Crippen molar-refractivity contribution in [1.82, 2.24) is 9.97 Å². The second-order valence-corrected chi connectivity index (χ2v) is 5.52. The maximum Gasteiger partial charge on any atom is 0.270 e. The summed E-state index contributed by atoms with van der Waals surface area (Å²) in [6, 6.07) is 17.1. The number of aromatic amines is 2. The van der Waals surface area contributed by atoms with E-state index in [1.807, 2.05) is 19.1 Å². The molecule has 0 atom stereocenters. The summed E-state index contributed by atoms with van der Waals surface area (Å²) in [4.78, 5) is 16.4. The Labute approximate surface area is 133 Å². The zero-order chi connectivity index (χ0) is 16.4. The summed E-state index contributed by atoms with van der Waals surface area (Å²) in [5.74, 6) is 0. The Balaban J connectivity index is 0.000000140. The zero-order valence-corrected chi connectivity index (χ0v) is 13.0. The van der Waals surface area contributed by atoms with Crippen molar-refractivity contribution < 1.29 is 4.92 Å². The highest BCUT2D eigenvalue weighted by molar-refractivity contribution is 5.82. The molecule has 2 aromatic heterocycles. The van der Waals surface area contributed by atoms with Gasteiger partial charge in [-0.2, -0.15) is 0 Å². The minimum absolute atomic E-state index is 0.131. The number of fused-ring (bicyclic) bond motifs is 2. The van der Waals surface area contributed by atoms with Gasteiger partial charge in [0.05, 0.1) is 4.92 Å². The average molecular weight is 307 g/mol. The predicted octanol–water partition coefficient (Wildman–Crippen LogP) is 4.86. The van der Waals surface area contributed by atoms with E-state index in [4.69, 9.17) is 0 Å². The summed E-state index contributed by atoms with van der Waals surface area (Å²) < 4.78 is 0. The summed E-state index contributed by atoms with van der Waals surface area (Å²) in [5.41, 5.74) is 4.52. The molecule has 2 N–H and O–H groups in total. The van der Waals surface area contributed by atoms with Crippen molar-refractivity contribution in [2.75, 3.05) is 0 Å². The van der Waals surface area contributed by atoms with E-state index in [0.717, 1.165) is 16.6 Å². The first-order valence-electron chi connectivity index (χ1n) is 7.31. The Bertz CT molecular complexity index is 949. The van der Waals surface area contributed by atoms with Crippen LogP contribution in [-0.4, -0.2) is 14.9 Å². The molecule has 5 nitrogen and oxygen atoms in total. The van der Waals surface area contributed by atoms with Crippen LogP contribution in [0.5, 0.6) is 0 Å². The van der Waals surface area contributed by atoms with E-state index >= 15 is 0 Å². The van der Waals surface area contributed by atoms with Crippen molar-refractivity contribution in [2.24, 2.45) is 0 Å². The fourth-order valence-electron chi connectivity index (χ4n) is 2.60. The van der Waals surface area contributed by atoms with Crippen LogP contribution >= 0.6 is 0 Å². The van der Waals surface area contributed by atoms with Crippen LogP contribution in [0, 0.1) is 24.0 Å². The van der Waals surface area contributed by atoms with Gasteiger partial charge in [0.25, 0.3) is 5.69 Å². The lowest BCUT2D eigenvalue weighted by molar-refractivity contribution is -0.384. The van der Waals surface area contributed by atoms with Crippen molar-refractivity contribution in [2.45, 2.75) is 13.8 Å². The minimum Gasteiger partial charge on any atom is -0.359 e. The number of nitrogens with one attached hydrogen (secondary N) is 2. The van der Waals surface area contributed by atoms with E-state index in [1.54, 1.807) is 12.1 Å². The summed E-state index contributed by atoms with van der Waals surface area (Å²) >= 11 is 0. The lowest BCUT2D eigenvalue weighted by Crippen LogP contribution is -1.86. The van der Waals surface area contributed by atoms with Gasteiger partial charge in [-0.25, -0.2) is 0 Å². The topological polar surface area (TPSA) is 74.7 Å². The number of hydrogen-bond acceptors (Lipinski definition) is 2. The first kappa shape index (κ1) is 14.8. The Morgan fingerprint density at radius 1 is 0.826 bits per heavy atom. The summed E-state index contributed by atoms with van der Waals surface area (Å²) in [6.45, 7) is 3.99. The fraction of sp³-hybridized carbons (Fsp3) is 0.111. The van der Waals surface area contributed by atoms with Crippen LogP contribution in [0.15, 0.2) is 54.6 Å². The number of aromatic nitrogens is 2. The molecule has 0 aliphatic heterocycles. The van der Waals surface area contributed by atoms with Crippen molar-refractivity contribution in [1.29, 1.82) is 0 Å². The molecule has 4 aromatic rings. The molecule has 2 aromatic carbocycles. The number of non-ortho nitro benzene ring substituents is 1. The number of hydrogen-bond donors (Lipinski definition) is 2. The molecule has 0 saturated heterocycles. The number of H-pyrrole nitrogens is 2. The van der Waals surface area contributed by atoms with E-state index in [2.05, 4.69) is 41.2 Å². The Kier molecular flexibility index (Phi) is 3.85. The van der Waals surface area contributed by atoms with Gasteiger partial charge in [0.2, 0.25) is 0 Å². The Morgan fingerprint density at radius 2 is 1.43 bits per heavy atom. The van der Waals surface area contributed by atoms with E-state index in [0.29, 0.717) is 0 Å². The highest BCUT2D eigenvalue weighted by Gasteiger charge is 2.06. The summed E-state index contributed by atoms with van der Waals surface area (Å²) in [7, 11) is 0. The Morgan fingerprint density at radius 3 is 2.09 bits per heavy atom. The third-order valence-electron chi connectivity index (χ3n) is 3.61.